The van der Waals surface area contributed by atoms with Gasteiger partial charge in [0.05, 0.1) is 12.7 Å². The van der Waals surface area contributed by atoms with Gasteiger partial charge in [0.2, 0.25) is 0 Å². The third-order valence-corrected chi connectivity index (χ3v) is 2.94. The van der Waals surface area contributed by atoms with Crippen molar-refractivity contribution in [2.24, 2.45) is 0 Å². The van der Waals surface area contributed by atoms with E-state index in [0.717, 1.165) is 31.8 Å². The summed E-state index contributed by atoms with van der Waals surface area (Å²) in [6.07, 6.45) is 1.09. The van der Waals surface area contributed by atoms with Crippen LogP contribution >= 0.6 is 0 Å². The molecule has 1 fully saturated rings. The fourth-order valence-corrected chi connectivity index (χ4v) is 2.14. The zero-order valence-corrected chi connectivity index (χ0v) is 10.0. The molecule has 1 atom stereocenters. The van der Waals surface area contributed by atoms with Crippen LogP contribution in [0.3, 0.4) is 0 Å². The van der Waals surface area contributed by atoms with Gasteiger partial charge in [0, 0.05) is 25.4 Å². The Morgan fingerprint density at radius 2 is 2.29 bits per heavy atom. The lowest BCUT2D eigenvalue weighted by Crippen LogP contribution is -2.30. The molecule has 1 aliphatic rings. The van der Waals surface area contributed by atoms with Gasteiger partial charge in [0.15, 0.2) is 0 Å². The Bertz CT molecular complexity index is 384. The molecule has 0 spiro atoms. The normalized spacial score (nSPS) is 21.4. The van der Waals surface area contributed by atoms with Crippen molar-refractivity contribution in [3.8, 4) is 0 Å². The van der Waals surface area contributed by atoms with Crippen molar-refractivity contribution in [1.82, 2.24) is 0 Å². The first-order chi connectivity index (χ1) is 8.19. The molecule has 0 aliphatic carbocycles. The maximum absolute atomic E-state index is 13.4. The number of ether oxygens (including phenoxy) is 1. The van der Waals surface area contributed by atoms with Crippen molar-refractivity contribution in [2.75, 3.05) is 24.6 Å². The molecule has 0 bridgehead atoms. The van der Waals surface area contributed by atoms with Crippen LogP contribution < -0.4 is 4.90 Å². The van der Waals surface area contributed by atoms with E-state index < -0.39 is 0 Å². The molecule has 3 nitrogen and oxygen atoms in total. The van der Waals surface area contributed by atoms with Crippen LogP contribution in [0.4, 0.5) is 10.1 Å². The van der Waals surface area contributed by atoms with Crippen molar-refractivity contribution in [2.45, 2.75) is 26.1 Å². The Labute approximate surface area is 101 Å². The summed E-state index contributed by atoms with van der Waals surface area (Å²) in [5.74, 6) is -0.302. The topological polar surface area (TPSA) is 32.7 Å². The molecule has 0 amide bonds. The summed E-state index contributed by atoms with van der Waals surface area (Å²) in [4.78, 5) is 2.11. The predicted octanol–water partition coefficient (Wildman–Crippen LogP) is 1.93. The van der Waals surface area contributed by atoms with Crippen LogP contribution in [0.25, 0.3) is 0 Å². The van der Waals surface area contributed by atoms with Crippen LogP contribution in [-0.4, -0.2) is 30.9 Å². The predicted molar refractivity (Wildman–Crippen MR) is 64.6 cm³/mol. The summed E-state index contributed by atoms with van der Waals surface area (Å²) in [5, 5.41) is 9.08. The first-order valence-electron chi connectivity index (χ1n) is 5.96. The molecule has 94 valence electrons. The number of hydrogen-bond donors (Lipinski definition) is 1. The molecule has 1 saturated heterocycles. The van der Waals surface area contributed by atoms with Crippen LogP contribution in [0.2, 0.25) is 0 Å². The van der Waals surface area contributed by atoms with Crippen LogP contribution in [-0.2, 0) is 11.3 Å². The van der Waals surface area contributed by atoms with Gasteiger partial charge < -0.3 is 14.7 Å². The van der Waals surface area contributed by atoms with Gasteiger partial charge >= 0.3 is 0 Å². The number of anilines is 1. The average Bonchev–Trinajstić information content (AvgIpc) is 2.53. The van der Waals surface area contributed by atoms with Crippen LogP contribution in [0.1, 0.15) is 18.9 Å². The molecule has 0 aromatic heterocycles. The lowest BCUT2D eigenvalue weighted by atomic mass is 10.1. The summed E-state index contributed by atoms with van der Waals surface area (Å²) < 4.78 is 19.0. The number of halogens is 1. The highest BCUT2D eigenvalue weighted by molar-refractivity contribution is 5.49. The van der Waals surface area contributed by atoms with Crippen LogP contribution in [0.5, 0.6) is 0 Å². The Balaban J connectivity index is 2.22. The van der Waals surface area contributed by atoms with E-state index >= 15 is 0 Å². The Kier molecular flexibility index (Phi) is 3.97. The minimum Gasteiger partial charge on any atom is -0.392 e. The minimum absolute atomic E-state index is 0.134. The fraction of sp³-hybridized carbons (Fsp3) is 0.538. The second-order valence-corrected chi connectivity index (χ2v) is 4.46. The lowest BCUT2D eigenvalue weighted by Gasteiger charge is -2.24. The van der Waals surface area contributed by atoms with Crippen molar-refractivity contribution in [3.05, 3.63) is 29.6 Å². The van der Waals surface area contributed by atoms with Crippen molar-refractivity contribution in [1.29, 1.82) is 0 Å². The van der Waals surface area contributed by atoms with Gasteiger partial charge in [-0.25, -0.2) is 4.39 Å². The van der Waals surface area contributed by atoms with E-state index in [2.05, 4.69) is 4.90 Å². The molecular formula is C13H18FNO2. The molecule has 4 heteroatoms. The molecule has 1 unspecified atom stereocenters. The third-order valence-electron chi connectivity index (χ3n) is 2.94. The summed E-state index contributed by atoms with van der Waals surface area (Å²) in [7, 11) is 0. The van der Waals surface area contributed by atoms with Gasteiger partial charge in [-0.3, -0.25) is 0 Å². The molecule has 1 aliphatic heterocycles. The molecule has 1 aromatic rings. The minimum atomic E-state index is -0.302. The fourth-order valence-electron chi connectivity index (χ4n) is 2.14. The molecule has 1 N–H and O–H groups in total. The molecule has 0 saturated carbocycles. The number of nitrogens with zero attached hydrogens (tertiary/aromatic N) is 1. The van der Waals surface area contributed by atoms with Crippen molar-refractivity contribution < 1.29 is 14.2 Å². The highest BCUT2D eigenvalue weighted by Crippen LogP contribution is 2.21. The Hall–Kier alpha value is -1.13. The SMILES string of the molecule is CC1CN(c2cc(F)cc(CO)c2)CCCO1. The van der Waals surface area contributed by atoms with Gasteiger partial charge in [-0.15, -0.1) is 0 Å². The van der Waals surface area contributed by atoms with Crippen LogP contribution in [0, 0.1) is 5.82 Å². The van der Waals surface area contributed by atoms with Crippen molar-refractivity contribution >= 4 is 5.69 Å². The van der Waals surface area contributed by atoms with E-state index in [1.165, 1.54) is 12.1 Å². The average molecular weight is 239 g/mol. The summed E-state index contributed by atoms with van der Waals surface area (Å²) in [6.45, 7) is 4.25. The second kappa shape index (κ2) is 5.47. The summed E-state index contributed by atoms with van der Waals surface area (Å²) in [5.41, 5.74) is 1.43. The standard InChI is InChI=1S/C13H18FNO2/c1-10-8-15(3-2-4-17-10)13-6-11(9-16)5-12(14)7-13/h5-7,10,16H,2-4,8-9H2,1H3. The van der Waals surface area contributed by atoms with E-state index in [1.807, 2.05) is 13.0 Å². The maximum atomic E-state index is 13.4. The number of hydrogen-bond acceptors (Lipinski definition) is 3. The molecule has 2 rings (SSSR count). The van der Waals surface area contributed by atoms with E-state index in [4.69, 9.17) is 9.84 Å². The number of aliphatic hydroxyl groups excluding tert-OH is 1. The highest BCUT2D eigenvalue weighted by Gasteiger charge is 2.16. The molecule has 1 heterocycles. The number of aliphatic hydroxyl groups is 1. The molecule has 1 aromatic carbocycles. The molecular weight excluding hydrogens is 221 g/mol. The van der Waals surface area contributed by atoms with Gasteiger partial charge in [0.1, 0.15) is 5.82 Å². The van der Waals surface area contributed by atoms with E-state index in [9.17, 15) is 4.39 Å². The summed E-state index contributed by atoms with van der Waals surface area (Å²) >= 11 is 0. The Morgan fingerprint density at radius 1 is 1.47 bits per heavy atom. The van der Waals surface area contributed by atoms with Crippen LogP contribution in [0.15, 0.2) is 18.2 Å². The number of rotatable bonds is 2. The smallest absolute Gasteiger partial charge is 0.125 e. The van der Waals surface area contributed by atoms with Crippen molar-refractivity contribution in [3.63, 3.8) is 0 Å². The Morgan fingerprint density at radius 3 is 3.06 bits per heavy atom. The summed E-state index contributed by atoms with van der Waals surface area (Å²) in [6, 6.07) is 4.71. The monoisotopic (exact) mass is 239 g/mol. The quantitative estimate of drug-likeness (QED) is 0.856. The molecule has 0 radical (unpaired) electrons. The van der Waals surface area contributed by atoms with Gasteiger partial charge in [-0.05, 0) is 37.1 Å². The first-order valence-corrected chi connectivity index (χ1v) is 5.96. The van der Waals surface area contributed by atoms with Gasteiger partial charge in [-0.2, -0.15) is 0 Å². The highest BCUT2D eigenvalue weighted by atomic mass is 19.1. The third kappa shape index (κ3) is 3.17. The lowest BCUT2D eigenvalue weighted by molar-refractivity contribution is 0.0821. The van der Waals surface area contributed by atoms with Gasteiger partial charge in [0.25, 0.3) is 0 Å². The second-order valence-electron chi connectivity index (χ2n) is 4.46. The van der Waals surface area contributed by atoms with E-state index in [-0.39, 0.29) is 18.5 Å². The van der Waals surface area contributed by atoms with Gasteiger partial charge in [-0.1, -0.05) is 0 Å². The molecule has 17 heavy (non-hydrogen) atoms. The number of benzene rings is 1. The zero-order valence-electron chi connectivity index (χ0n) is 10.0. The zero-order chi connectivity index (χ0) is 12.3. The largest absolute Gasteiger partial charge is 0.392 e. The van der Waals surface area contributed by atoms with E-state index in [0.29, 0.717) is 5.56 Å². The first kappa shape index (κ1) is 12.3. The maximum Gasteiger partial charge on any atom is 0.125 e. The van der Waals surface area contributed by atoms with E-state index in [1.54, 1.807) is 0 Å².